The van der Waals surface area contributed by atoms with Crippen LogP contribution in [0.5, 0.6) is 0 Å². The maximum absolute atomic E-state index is 4.39. The lowest BCUT2D eigenvalue weighted by Crippen LogP contribution is -2.08. The SMILES string of the molecule is c1ccc(-n2cc(CCNc3ccc4nnnn4n3)cn2)cc1. The van der Waals surface area contributed by atoms with E-state index in [1.807, 2.05) is 59.5 Å². The molecule has 4 aromatic rings. The Labute approximate surface area is 131 Å². The lowest BCUT2D eigenvalue weighted by molar-refractivity contribution is 0.733. The Morgan fingerprint density at radius 2 is 1.96 bits per heavy atom. The summed E-state index contributed by atoms with van der Waals surface area (Å²) in [6.45, 7) is 0.751. The van der Waals surface area contributed by atoms with Crippen LogP contribution in [0.25, 0.3) is 11.3 Å². The molecule has 0 aliphatic heterocycles. The minimum absolute atomic E-state index is 0.625. The Kier molecular flexibility index (Phi) is 3.39. The van der Waals surface area contributed by atoms with Crippen molar-refractivity contribution >= 4 is 11.5 Å². The molecule has 0 amide bonds. The Morgan fingerprint density at radius 1 is 1.04 bits per heavy atom. The zero-order valence-electron chi connectivity index (χ0n) is 12.2. The highest BCUT2D eigenvalue weighted by atomic mass is 15.6. The normalized spacial score (nSPS) is 11.0. The van der Waals surface area contributed by atoms with E-state index in [0.717, 1.165) is 30.0 Å². The van der Waals surface area contributed by atoms with E-state index in [1.165, 1.54) is 4.63 Å². The van der Waals surface area contributed by atoms with Crippen LogP contribution in [0.2, 0.25) is 0 Å². The van der Waals surface area contributed by atoms with E-state index in [1.54, 1.807) is 0 Å². The molecule has 0 aliphatic carbocycles. The van der Waals surface area contributed by atoms with Crippen LogP contribution in [-0.4, -0.2) is 41.6 Å². The summed E-state index contributed by atoms with van der Waals surface area (Å²) < 4.78 is 3.27. The Balaban J connectivity index is 1.38. The molecule has 0 fully saturated rings. The molecule has 0 unspecified atom stereocenters. The molecule has 0 aliphatic rings. The van der Waals surface area contributed by atoms with Crippen molar-refractivity contribution in [3.05, 3.63) is 60.4 Å². The summed E-state index contributed by atoms with van der Waals surface area (Å²) in [5.41, 5.74) is 2.84. The summed E-state index contributed by atoms with van der Waals surface area (Å²) in [6, 6.07) is 13.7. The van der Waals surface area contributed by atoms with Gasteiger partial charge in [-0.2, -0.15) is 5.10 Å². The summed E-state index contributed by atoms with van der Waals surface area (Å²) in [6.07, 6.45) is 4.77. The molecule has 4 rings (SSSR count). The molecule has 1 N–H and O–H groups in total. The van der Waals surface area contributed by atoms with Crippen LogP contribution in [0.3, 0.4) is 0 Å². The summed E-state index contributed by atoms with van der Waals surface area (Å²) >= 11 is 0. The first kappa shape index (κ1) is 13.4. The molecule has 0 bridgehead atoms. The third-order valence-electron chi connectivity index (χ3n) is 3.45. The molecule has 0 atom stereocenters. The summed E-state index contributed by atoms with van der Waals surface area (Å²) in [5.74, 6) is 0.736. The maximum atomic E-state index is 4.39. The molecule has 3 aromatic heterocycles. The highest BCUT2D eigenvalue weighted by Crippen LogP contribution is 2.09. The monoisotopic (exact) mass is 306 g/mol. The molecule has 3 heterocycles. The van der Waals surface area contributed by atoms with Crippen LogP contribution in [0.1, 0.15) is 5.56 Å². The third-order valence-corrected chi connectivity index (χ3v) is 3.45. The number of rotatable bonds is 5. The summed E-state index contributed by atoms with van der Waals surface area (Å²) in [7, 11) is 0. The Bertz CT molecular complexity index is 911. The van der Waals surface area contributed by atoms with Crippen LogP contribution < -0.4 is 5.32 Å². The van der Waals surface area contributed by atoms with Gasteiger partial charge in [-0.15, -0.1) is 14.8 Å². The van der Waals surface area contributed by atoms with Gasteiger partial charge in [-0.05, 0) is 46.7 Å². The van der Waals surface area contributed by atoms with Gasteiger partial charge in [-0.1, -0.05) is 18.2 Å². The van der Waals surface area contributed by atoms with Crippen molar-refractivity contribution in [2.75, 3.05) is 11.9 Å². The third kappa shape index (κ3) is 2.86. The predicted octanol–water partition coefficient (Wildman–Crippen LogP) is 1.36. The number of hydrogen-bond acceptors (Lipinski definition) is 6. The van der Waals surface area contributed by atoms with E-state index in [0.29, 0.717) is 5.65 Å². The minimum atomic E-state index is 0.625. The van der Waals surface area contributed by atoms with Gasteiger partial charge in [0, 0.05) is 12.7 Å². The number of nitrogens with zero attached hydrogens (tertiary/aromatic N) is 7. The molecule has 114 valence electrons. The van der Waals surface area contributed by atoms with Crippen molar-refractivity contribution in [2.24, 2.45) is 0 Å². The van der Waals surface area contributed by atoms with Gasteiger partial charge in [-0.3, -0.25) is 0 Å². The van der Waals surface area contributed by atoms with Crippen LogP contribution in [-0.2, 0) is 6.42 Å². The standard InChI is InChI=1S/C15H14N8/c1-2-4-13(5-3-1)22-11-12(10-17-22)8-9-16-14-6-7-15-18-20-21-23(15)19-14/h1-7,10-11H,8-9H2,(H,16,19). The number of hydrogen-bond donors (Lipinski definition) is 1. The van der Waals surface area contributed by atoms with E-state index in [2.05, 4.69) is 31.0 Å². The Morgan fingerprint density at radius 3 is 2.87 bits per heavy atom. The lowest BCUT2D eigenvalue weighted by Gasteiger charge is -2.03. The second-order valence-electron chi connectivity index (χ2n) is 5.05. The van der Waals surface area contributed by atoms with Crippen molar-refractivity contribution in [3.63, 3.8) is 0 Å². The highest BCUT2D eigenvalue weighted by Gasteiger charge is 2.02. The number of para-hydroxylation sites is 1. The average Bonchev–Trinajstić information content (AvgIpc) is 3.24. The van der Waals surface area contributed by atoms with E-state index in [4.69, 9.17) is 0 Å². The van der Waals surface area contributed by atoms with E-state index in [9.17, 15) is 0 Å². The quantitative estimate of drug-likeness (QED) is 0.599. The first-order valence-electron chi connectivity index (χ1n) is 7.27. The molecule has 1 aromatic carbocycles. The van der Waals surface area contributed by atoms with Gasteiger partial charge >= 0.3 is 0 Å². The smallest absolute Gasteiger partial charge is 0.200 e. The lowest BCUT2D eigenvalue weighted by atomic mass is 10.2. The Hall–Kier alpha value is -3.29. The van der Waals surface area contributed by atoms with Crippen molar-refractivity contribution in [1.82, 2.24) is 35.0 Å². The van der Waals surface area contributed by atoms with Crippen LogP contribution in [0.4, 0.5) is 5.82 Å². The molecule has 23 heavy (non-hydrogen) atoms. The predicted molar refractivity (Wildman–Crippen MR) is 84.3 cm³/mol. The van der Waals surface area contributed by atoms with Gasteiger partial charge in [0.15, 0.2) is 5.65 Å². The molecule has 0 saturated carbocycles. The zero-order chi connectivity index (χ0) is 15.5. The second kappa shape index (κ2) is 5.84. The van der Waals surface area contributed by atoms with E-state index >= 15 is 0 Å². The van der Waals surface area contributed by atoms with Crippen LogP contribution in [0.15, 0.2) is 54.9 Å². The molecule has 8 nitrogen and oxygen atoms in total. The summed E-state index contributed by atoms with van der Waals surface area (Å²) in [5, 5.41) is 23.1. The van der Waals surface area contributed by atoms with Gasteiger partial charge < -0.3 is 5.32 Å². The van der Waals surface area contributed by atoms with Gasteiger partial charge in [0.05, 0.1) is 11.9 Å². The topological polar surface area (TPSA) is 85.8 Å². The molecule has 0 saturated heterocycles. The van der Waals surface area contributed by atoms with Gasteiger partial charge in [-0.25, -0.2) is 4.68 Å². The van der Waals surface area contributed by atoms with Crippen molar-refractivity contribution in [3.8, 4) is 5.69 Å². The largest absolute Gasteiger partial charge is 0.368 e. The van der Waals surface area contributed by atoms with E-state index < -0.39 is 0 Å². The maximum Gasteiger partial charge on any atom is 0.200 e. The molecule has 8 heteroatoms. The number of anilines is 1. The van der Waals surface area contributed by atoms with Crippen LogP contribution >= 0.6 is 0 Å². The molecule has 0 radical (unpaired) electrons. The molecule has 0 spiro atoms. The van der Waals surface area contributed by atoms with Crippen molar-refractivity contribution in [1.29, 1.82) is 0 Å². The zero-order valence-corrected chi connectivity index (χ0v) is 12.2. The summed E-state index contributed by atoms with van der Waals surface area (Å²) in [4.78, 5) is 0. The highest BCUT2D eigenvalue weighted by molar-refractivity contribution is 5.42. The van der Waals surface area contributed by atoms with Gasteiger partial charge in [0.25, 0.3) is 0 Å². The first-order valence-corrected chi connectivity index (χ1v) is 7.27. The van der Waals surface area contributed by atoms with Gasteiger partial charge in [0.2, 0.25) is 0 Å². The van der Waals surface area contributed by atoms with Crippen molar-refractivity contribution < 1.29 is 0 Å². The number of fused-ring (bicyclic) bond motifs is 1. The minimum Gasteiger partial charge on any atom is -0.368 e. The second-order valence-corrected chi connectivity index (χ2v) is 5.05. The number of benzene rings is 1. The fourth-order valence-electron chi connectivity index (χ4n) is 2.29. The molecular weight excluding hydrogens is 292 g/mol. The number of nitrogens with one attached hydrogen (secondary N) is 1. The average molecular weight is 306 g/mol. The fraction of sp³-hybridized carbons (Fsp3) is 0.133. The molecular formula is C15H14N8. The van der Waals surface area contributed by atoms with Gasteiger partial charge in [0.1, 0.15) is 5.82 Å². The van der Waals surface area contributed by atoms with Crippen LogP contribution in [0, 0.1) is 0 Å². The number of tetrazole rings is 1. The number of aromatic nitrogens is 7. The van der Waals surface area contributed by atoms with E-state index in [-0.39, 0.29) is 0 Å². The fourth-order valence-corrected chi connectivity index (χ4v) is 2.29. The van der Waals surface area contributed by atoms with Crippen molar-refractivity contribution in [2.45, 2.75) is 6.42 Å². The first-order chi connectivity index (χ1) is 11.4.